The topological polar surface area (TPSA) is 71.8 Å². The molecule has 18 heavy (non-hydrogen) atoms. The zero-order valence-corrected chi connectivity index (χ0v) is 10.2. The van der Waals surface area contributed by atoms with Crippen molar-refractivity contribution in [2.24, 2.45) is 7.05 Å². The molecule has 3 rings (SSSR count). The van der Waals surface area contributed by atoms with Crippen molar-refractivity contribution in [3.05, 3.63) is 23.8 Å². The van der Waals surface area contributed by atoms with Gasteiger partial charge in [-0.3, -0.25) is 4.79 Å². The van der Waals surface area contributed by atoms with E-state index in [1.54, 1.807) is 10.7 Å². The number of amides is 1. The number of benzene rings is 1. The van der Waals surface area contributed by atoms with Crippen LogP contribution < -0.4 is 10.6 Å². The second-order valence-electron chi connectivity index (χ2n) is 4.58. The summed E-state index contributed by atoms with van der Waals surface area (Å²) in [5, 5.41) is 14.2. The molecule has 1 amide bonds. The van der Waals surface area contributed by atoms with Crippen LogP contribution in [0, 0.1) is 0 Å². The summed E-state index contributed by atoms with van der Waals surface area (Å²) in [4.78, 5) is 12.1. The Kier molecular flexibility index (Phi) is 2.71. The molecular formula is C12H15N5O. The molecule has 94 valence electrons. The average Bonchev–Trinajstić information content (AvgIpc) is 2.99. The van der Waals surface area contributed by atoms with Crippen LogP contribution in [-0.4, -0.2) is 40.0 Å². The number of rotatable bonds is 2. The van der Waals surface area contributed by atoms with Crippen molar-refractivity contribution in [3.63, 3.8) is 0 Å². The quantitative estimate of drug-likeness (QED) is 0.785. The van der Waals surface area contributed by atoms with E-state index in [1.165, 1.54) is 0 Å². The van der Waals surface area contributed by atoms with Crippen LogP contribution in [0.3, 0.4) is 0 Å². The van der Waals surface area contributed by atoms with E-state index in [9.17, 15) is 4.79 Å². The first-order valence-electron chi connectivity index (χ1n) is 6.05. The van der Waals surface area contributed by atoms with Crippen molar-refractivity contribution in [1.82, 2.24) is 25.6 Å². The van der Waals surface area contributed by atoms with Gasteiger partial charge in [0.05, 0.1) is 5.52 Å². The number of aryl methyl sites for hydroxylation is 1. The molecule has 0 spiro atoms. The summed E-state index contributed by atoms with van der Waals surface area (Å²) in [5.41, 5.74) is 2.30. The van der Waals surface area contributed by atoms with Crippen molar-refractivity contribution in [2.75, 3.05) is 13.1 Å². The third kappa shape index (κ3) is 1.95. The first kappa shape index (κ1) is 11.2. The third-order valence-electron chi connectivity index (χ3n) is 3.27. The molecule has 1 saturated heterocycles. The minimum absolute atomic E-state index is 0.0451. The molecule has 1 atom stereocenters. The zero-order valence-electron chi connectivity index (χ0n) is 10.2. The summed E-state index contributed by atoms with van der Waals surface area (Å²) in [5.74, 6) is -0.0451. The molecule has 2 aromatic rings. The molecule has 1 aliphatic rings. The molecule has 1 aliphatic heterocycles. The minimum atomic E-state index is -0.0451. The number of fused-ring (bicyclic) bond motifs is 1. The van der Waals surface area contributed by atoms with E-state index in [1.807, 2.05) is 19.2 Å². The van der Waals surface area contributed by atoms with Crippen LogP contribution >= 0.6 is 0 Å². The van der Waals surface area contributed by atoms with Gasteiger partial charge >= 0.3 is 0 Å². The van der Waals surface area contributed by atoms with Gasteiger partial charge in [-0.2, -0.15) is 0 Å². The molecular weight excluding hydrogens is 230 g/mol. The number of aromatic nitrogens is 3. The van der Waals surface area contributed by atoms with Crippen LogP contribution in [0.1, 0.15) is 16.8 Å². The fourth-order valence-electron chi connectivity index (χ4n) is 2.23. The van der Waals surface area contributed by atoms with Crippen molar-refractivity contribution in [2.45, 2.75) is 12.5 Å². The van der Waals surface area contributed by atoms with Crippen LogP contribution in [0.15, 0.2) is 18.2 Å². The normalized spacial score (nSPS) is 19.3. The Balaban J connectivity index is 1.82. The Labute approximate surface area is 104 Å². The minimum Gasteiger partial charge on any atom is -0.348 e. The van der Waals surface area contributed by atoms with Crippen LogP contribution in [0.2, 0.25) is 0 Å². The maximum Gasteiger partial charge on any atom is 0.251 e. The Morgan fingerprint density at radius 2 is 2.44 bits per heavy atom. The molecule has 1 fully saturated rings. The lowest BCUT2D eigenvalue weighted by atomic mass is 10.1. The summed E-state index contributed by atoms with van der Waals surface area (Å²) in [6, 6.07) is 5.69. The van der Waals surface area contributed by atoms with Gasteiger partial charge in [-0.05, 0) is 31.2 Å². The highest BCUT2D eigenvalue weighted by atomic mass is 16.1. The number of hydrogen-bond acceptors (Lipinski definition) is 4. The fourth-order valence-corrected chi connectivity index (χ4v) is 2.23. The highest BCUT2D eigenvalue weighted by Gasteiger charge is 2.18. The van der Waals surface area contributed by atoms with E-state index in [0.717, 1.165) is 30.5 Å². The first-order chi connectivity index (χ1) is 8.74. The van der Waals surface area contributed by atoms with E-state index in [4.69, 9.17) is 0 Å². The summed E-state index contributed by atoms with van der Waals surface area (Å²) in [6.45, 7) is 1.81. The number of carbonyl (C=O) groups is 1. The standard InChI is InChI=1S/C12H15N5O/c1-17-11-3-2-8(6-10(11)15-16-17)12(18)14-9-4-5-13-7-9/h2-3,6,9,13H,4-5,7H2,1H3,(H,14,18). The van der Waals surface area contributed by atoms with Gasteiger partial charge in [0.2, 0.25) is 0 Å². The Morgan fingerprint density at radius 1 is 1.56 bits per heavy atom. The van der Waals surface area contributed by atoms with Crippen LogP contribution in [-0.2, 0) is 7.05 Å². The van der Waals surface area contributed by atoms with Gasteiger partial charge in [0.25, 0.3) is 5.91 Å². The average molecular weight is 245 g/mol. The van der Waals surface area contributed by atoms with Gasteiger partial charge in [0, 0.05) is 25.2 Å². The smallest absolute Gasteiger partial charge is 0.251 e. The van der Waals surface area contributed by atoms with Gasteiger partial charge < -0.3 is 10.6 Å². The van der Waals surface area contributed by atoms with Crippen LogP contribution in [0.5, 0.6) is 0 Å². The molecule has 0 bridgehead atoms. The SMILES string of the molecule is Cn1nnc2cc(C(=O)NC3CCNC3)ccc21. The van der Waals surface area contributed by atoms with Crippen LogP contribution in [0.4, 0.5) is 0 Å². The Hall–Kier alpha value is -1.95. The van der Waals surface area contributed by atoms with E-state index >= 15 is 0 Å². The second kappa shape index (κ2) is 4.38. The molecule has 1 aromatic heterocycles. The largest absolute Gasteiger partial charge is 0.348 e. The van der Waals surface area contributed by atoms with Crippen molar-refractivity contribution < 1.29 is 4.79 Å². The molecule has 0 aliphatic carbocycles. The maximum atomic E-state index is 12.1. The second-order valence-corrected chi connectivity index (χ2v) is 4.58. The van der Waals surface area contributed by atoms with Gasteiger partial charge in [-0.15, -0.1) is 5.10 Å². The van der Waals surface area contributed by atoms with Crippen molar-refractivity contribution in [3.8, 4) is 0 Å². The summed E-state index contributed by atoms with van der Waals surface area (Å²) < 4.78 is 1.69. The lowest BCUT2D eigenvalue weighted by molar-refractivity contribution is 0.0940. The summed E-state index contributed by atoms with van der Waals surface area (Å²) in [6.07, 6.45) is 0.985. The summed E-state index contributed by atoms with van der Waals surface area (Å²) >= 11 is 0. The first-order valence-corrected chi connectivity index (χ1v) is 6.05. The van der Waals surface area contributed by atoms with E-state index in [0.29, 0.717) is 5.56 Å². The molecule has 0 saturated carbocycles. The molecule has 6 nitrogen and oxygen atoms in total. The number of nitrogens with one attached hydrogen (secondary N) is 2. The molecule has 2 N–H and O–H groups in total. The van der Waals surface area contributed by atoms with E-state index in [-0.39, 0.29) is 11.9 Å². The Bertz CT molecular complexity index is 585. The highest BCUT2D eigenvalue weighted by Crippen LogP contribution is 2.12. The Morgan fingerprint density at radius 3 is 3.22 bits per heavy atom. The summed E-state index contributed by atoms with van der Waals surface area (Å²) in [7, 11) is 1.83. The number of nitrogens with zero attached hydrogens (tertiary/aromatic N) is 3. The predicted molar refractivity (Wildman–Crippen MR) is 67.2 cm³/mol. The molecule has 6 heteroatoms. The van der Waals surface area contributed by atoms with Gasteiger partial charge in [-0.1, -0.05) is 5.21 Å². The maximum absolute atomic E-state index is 12.1. The molecule has 0 radical (unpaired) electrons. The molecule has 2 heterocycles. The fraction of sp³-hybridized carbons (Fsp3) is 0.417. The zero-order chi connectivity index (χ0) is 12.5. The predicted octanol–water partition coefficient (Wildman–Crippen LogP) is 0.0600. The van der Waals surface area contributed by atoms with Gasteiger partial charge in [0.1, 0.15) is 5.52 Å². The van der Waals surface area contributed by atoms with Crippen molar-refractivity contribution >= 4 is 16.9 Å². The lowest BCUT2D eigenvalue weighted by Crippen LogP contribution is -2.36. The van der Waals surface area contributed by atoms with Crippen LogP contribution in [0.25, 0.3) is 11.0 Å². The van der Waals surface area contributed by atoms with Gasteiger partial charge in [-0.25, -0.2) is 4.68 Å². The number of hydrogen-bond donors (Lipinski definition) is 2. The molecule has 1 unspecified atom stereocenters. The van der Waals surface area contributed by atoms with Gasteiger partial charge in [0.15, 0.2) is 0 Å². The highest BCUT2D eigenvalue weighted by molar-refractivity contribution is 5.97. The monoisotopic (exact) mass is 245 g/mol. The third-order valence-corrected chi connectivity index (χ3v) is 3.27. The van der Waals surface area contributed by atoms with E-state index in [2.05, 4.69) is 20.9 Å². The number of carbonyl (C=O) groups excluding carboxylic acids is 1. The molecule has 1 aromatic carbocycles. The van der Waals surface area contributed by atoms with Crippen molar-refractivity contribution in [1.29, 1.82) is 0 Å². The lowest BCUT2D eigenvalue weighted by Gasteiger charge is -2.11. The van der Waals surface area contributed by atoms with E-state index < -0.39 is 0 Å².